The second kappa shape index (κ2) is 7.89. The Kier molecular flexibility index (Phi) is 5.89. The molecule has 0 radical (unpaired) electrons. The number of nitrogens with one attached hydrogen (secondary N) is 1. The molecule has 3 aromatic rings. The first kappa shape index (κ1) is 17.2. The molecule has 0 bridgehead atoms. The fraction of sp³-hybridized carbons (Fsp3) is 0.308. The lowest BCUT2D eigenvalue weighted by Gasteiger charge is -2.04. The van der Waals surface area contributed by atoms with E-state index in [4.69, 9.17) is 28.9 Å². The molecule has 0 unspecified atom stereocenters. The van der Waals surface area contributed by atoms with Gasteiger partial charge in [0.2, 0.25) is 0 Å². The van der Waals surface area contributed by atoms with Crippen LogP contribution in [0.5, 0.6) is 0 Å². The summed E-state index contributed by atoms with van der Waals surface area (Å²) < 4.78 is 1.90. The number of rotatable bonds is 3. The van der Waals surface area contributed by atoms with Crippen LogP contribution in [0.15, 0.2) is 18.7 Å². The summed E-state index contributed by atoms with van der Waals surface area (Å²) in [6, 6.07) is 0. The Morgan fingerprint density at radius 2 is 1.83 bits per heavy atom. The van der Waals surface area contributed by atoms with Crippen LogP contribution >= 0.6 is 23.2 Å². The zero-order valence-corrected chi connectivity index (χ0v) is 14.2. The lowest BCUT2D eigenvalue weighted by Crippen LogP contribution is -2.04. The quantitative estimate of drug-likeness (QED) is 0.744. The second-order valence-corrected chi connectivity index (χ2v) is 5.19. The van der Waals surface area contributed by atoms with Crippen molar-refractivity contribution in [2.75, 3.05) is 17.6 Å². The Labute approximate surface area is 143 Å². The number of hydrogen-bond donors (Lipinski definition) is 2. The molecule has 23 heavy (non-hydrogen) atoms. The highest BCUT2D eigenvalue weighted by atomic mass is 35.5. The maximum absolute atomic E-state index is 5.85. The smallest absolute Gasteiger partial charge is 0.183 e. The van der Waals surface area contributed by atoms with E-state index >= 15 is 0 Å². The van der Waals surface area contributed by atoms with Gasteiger partial charge in [-0.25, -0.2) is 4.98 Å². The zero-order chi connectivity index (χ0) is 16.8. The molecule has 3 rings (SSSR count). The topological polar surface area (TPSA) is 107 Å². The Morgan fingerprint density at radius 3 is 2.52 bits per heavy atom. The van der Waals surface area contributed by atoms with Crippen LogP contribution in [0.4, 0.5) is 11.5 Å². The van der Waals surface area contributed by atoms with Gasteiger partial charge in [-0.3, -0.25) is 0 Å². The second-order valence-electron chi connectivity index (χ2n) is 4.38. The largest absolute Gasteiger partial charge is 0.394 e. The molecule has 8 nitrogen and oxygen atoms in total. The van der Waals surface area contributed by atoms with E-state index in [1.54, 1.807) is 6.33 Å². The van der Waals surface area contributed by atoms with E-state index in [1.165, 1.54) is 12.4 Å². The van der Waals surface area contributed by atoms with Crippen molar-refractivity contribution in [1.82, 2.24) is 29.9 Å². The van der Waals surface area contributed by atoms with Gasteiger partial charge in [-0.2, -0.15) is 10.2 Å². The molecule has 0 spiro atoms. The molecule has 0 saturated heterocycles. The molecule has 0 fully saturated rings. The van der Waals surface area contributed by atoms with Gasteiger partial charge < -0.3 is 15.6 Å². The molecule has 0 aliphatic rings. The first-order valence-electron chi connectivity index (χ1n) is 6.91. The lowest BCUT2D eigenvalue weighted by molar-refractivity contribution is 0.770. The summed E-state index contributed by atoms with van der Waals surface area (Å²) in [7, 11) is 0. The van der Waals surface area contributed by atoms with Crippen molar-refractivity contribution in [3.05, 3.63) is 28.8 Å². The number of aryl methyl sites for hydroxylation is 1. The molecule has 122 valence electrons. The van der Waals surface area contributed by atoms with Gasteiger partial charge >= 0.3 is 0 Å². The van der Waals surface area contributed by atoms with Gasteiger partial charge in [-0.1, -0.05) is 23.2 Å². The van der Waals surface area contributed by atoms with Crippen LogP contribution < -0.4 is 11.1 Å². The summed E-state index contributed by atoms with van der Waals surface area (Å²) in [5.74, 6) is 0.542. The monoisotopic (exact) mass is 354 g/mol. The van der Waals surface area contributed by atoms with Gasteiger partial charge in [0, 0.05) is 13.1 Å². The SMILES string of the molecule is CCNc1nncc(Cl)c1N.CCn1cnc2c(Cl)cnnc21. The minimum absolute atomic E-state index is 0.427. The molecule has 3 heterocycles. The van der Waals surface area contributed by atoms with Crippen molar-refractivity contribution < 1.29 is 0 Å². The van der Waals surface area contributed by atoms with Crippen LogP contribution in [0, 0.1) is 0 Å². The first-order valence-corrected chi connectivity index (χ1v) is 7.66. The summed E-state index contributed by atoms with van der Waals surface area (Å²) in [4.78, 5) is 4.12. The number of nitrogens with two attached hydrogens (primary N) is 1. The molecule has 0 aromatic carbocycles. The van der Waals surface area contributed by atoms with E-state index in [1.807, 2.05) is 18.4 Å². The average molecular weight is 355 g/mol. The van der Waals surface area contributed by atoms with E-state index in [2.05, 4.69) is 30.7 Å². The zero-order valence-electron chi connectivity index (χ0n) is 12.7. The summed E-state index contributed by atoms with van der Waals surface area (Å²) in [5, 5.41) is 19.0. The standard InChI is InChI=1S/C7H7ClN4.C6H9ClN4/c1-2-12-4-9-6-5(8)3-10-11-7(6)12;1-2-9-6-5(8)4(7)3-10-11-6/h3-4H,2H2,1H3;3H,2H2,1H3,(H2,8,10)(H,9,11). The molecular formula is C13H16Cl2N8. The number of halogens is 2. The number of aromatic nitrogens is 6. The molecule has 0 aliphatic heterocycles. The minimum Gasteiger partial charge on any atom is -0.394 e. The number of anilines is 2. The molecule has 0 atom stereocenters. The molecule has 10 heteroatoms. The molecule has 3 aromatic heterocycles. The molecule has 0 amide bonds. The molecule has 3 N–H and O–H groups in total. The summed E-state index contributed by atoms with van der Waals surface area (Å²) >= 11 is 11.5. The van der Waals surface area contributed by atoms with Crippen LogP contribution in [0.25, 0.3) is 11.2 Å². The van der Waals surface area contributed by atoms with Crippen molar-refractivity contribution >= 4 is 45.9 Å². The molecule has 0 aliphatic carbocycles. The van der Waals surface area contributed by atoms with Crippen molar-refractivity contribution in [2.24, 2.45) is 0 Å². The van der Waals surface area contributed by atoms with E-state index in [-0.39, 0.29) is 0 Å². The predicted molar refractivity (Wildman–Crippen MR) is 91.6 cm³/mol. The van der Waals surface area contributed by atoms with Crippen LogP contribution in [0.2, 0.25) is 10.0 Å². The average Bonchev–Trinajstić information content (AvgIpc) is 2.97. The summed E-state index contributed by atoms with van der Waals surface area (Å²) in [6.07, 6.45) is 4.62. The number of hydrogen-bond acceptors (Lipinski definition) is 7. The Hall–Kier alpha value is -2.19. The van der Waals surface area contributed by atoms with Gasteiger partial charge in [0.05, 0.1) is 34.5 Å². The molecule has 0 saturated carbocycles. The van der Waals surface area contributed by atoms with Gasteiger partial charge in [0.1, 0.15) is 5.52 Å². The van der Waals surface area contributed by atoms with Gasteiger partial charge in [0.15, 0.2) is 11.5 Å². The van der Waals surface area contributed by atoms with Crippen molar-refractivity contribution in [3.8, 4) is 0 Å². The van der Waals surface area contributed by atoms with E-state index in [9.17, 15) is 0 Å². The highest BCUT2D eigenvalue weighted by Gasteiger charge is 2.05. The lowest BCUT2D eigenvalue weighted by atomic mass is 10.4. The van der Waals surface area contributed by atoms with Crippen LogP contribution in [-0.2, 0) is 6.54 Å². The fourth-order valence-corrected chi connectivity index (χ4v) is 2.06. The predicted octanol–water partition coefficient (Wildman–Crippen LogP) is 2.64. The van der Waals surface area contributed by atoms with Crippen molar-refractivity contribution in [1.29, 1.82) is 0 Å². The Balaban J connectivity index is 0.000000168. The maximum Gasteiger partial charge on any atom is 0.183 e. The number of nitrogens with zero attached hydrogens (tertiary/aromatic N) is 6. The maximum atomic E-state index is 5.85. The van der Waals surface area contributed by atoms with E-state index < -0.39 is 0 Å². The number of fused-ring (bicyclic) bond motifs is 1. The Morgan fingerprint density at radius 1 is 1.13 bits per heavy atom. The van der Waals surface area contributed by atoms with Gasteiger partial charge in [-0.15, -0.1) is 10.2 Å². The minimum atomic E-state index is 0.427. The van der Waals surface area contributed by atoms with E-state index in [0.717, 1.165) is 18.7 Å². The van der Waals surface area contributed by atoms with Crippen LogP contribution in [0.3, 0.4) is 0 Å². The van der Waals surface area contributed by atoms with Crippen LogP contribution in [0.1, 0.15) is 13.8 Å². The number of imidazole rings is 1. The Bertz CT molecular complexity index is 789. The number of nitrogen functional groups attached to an aromatic ring is 1. The summed E-state index contributed by atoms with van der Waals surface area (Å²) in [6.45, 7) is 5.54. The third kappa shape index (κ3) is 3.96. The highest BCUT2D eigenvalue weighted by molar-refractivity contribution is 6.34. The van der Waals surface area contributed by atoms with Crippen molar-refractivity contribution in [2.45, 2.75) is 20.4 Å². The third-order valence-electron chi connectivity index (χ3n) is 2.89. The van der Waals surface area contributed by atoms with Crippen molar-refractivity contribution in [3.63, 3.8) is 0 Å². The van der Waals surface area contributed by atoms with Gasteiger partial charge in [-0.05, 0) is 13.8 Å². The first-order chi connectivity index (χ1) is 11.1. The fourth-order valence-electron chi connectivity index (χ4n) is 1.75. The van der Waals surface area contributed by atoms with Crippen LogP contribution in [-0.4, -0.2) is 36.5 Å². The highest BCUT2D eigenvalue weighted by Crippen LogP contribution is 2.22. The normalized spacial score (nSPS) is 10.3. The summed E-state index contributed by atoms with van der Waals surface area (Å²) in [5.41, 5.74) is 7.48. The third-order valence-corrected chi connectivity index (χ3v) is 3.46. The van der Waals surface area contributed by atoms with Gasteiger partial charge in [0.25, 0.3) is 0 Å². The van der Waals surface area contributed by atoms with E-state index in [0.29, 0.717) is 27.1 Å². The molecular weight excluding hydrogens is 339 g/mol.